The molecule has 5 heteroatoms. The monoisotopic (exact) mass is 319 g/mol. The third-order valence-corrected chi connectivity index (χ3v) is 3.69. The van der Waals surface area contributed by atoms with Crippen molar-refractivity contribution in [2.75, 3.05) is 20.8 Å². The van der Waals surface area contributed by atoms with Gasteiger partial charge in [-0.05, 0) is 34.5 Å². The van der Waals surface area contributed by atoms with E-state index in [4.69, 9.17) is 15.2 Å². The molecule has 18 heavy (non-hydrogen) atoms. The summed E-state index contributed by atoms with van der Waals surface area (Å²) in [6, 6.07) is 3.38. The van der Waals surface area contributed by atoms with Gasteiger partial charge in [-0.2, -0.15) is 0 Å². The fraction of sp³-hybridized carbons (Fsp3) is 0.538. The quantitative estimate of drug-likeness (QED) is 0.874. The van der Waals surface area contributed by atoms with Gasteiger partial charge in [0, 0.05) is 12.1 Å². The molecule has 0 aliphatic rings. The number of hydrogen-bond donors (Lipinski definition) is 1. The zero-order valence-corrected chi connectivity index (χ0v) is 12.5. The normalized spacial score (nSPS) is 14.1. The van der Waals surface area contributed by atoms with E-state index in [2.05, 4.69) is 15.9 Å². The van der Waals surface area contributed by atoms with Gasteiger partial charge >= 0.3 is 0 Å². The van der Waals surface area contributed by atoms with Crippen LogP contribution in [0.5, 0.6) is 11.5 Å². The Bertz CT molecular complexity index is 414. The molecular formula is C13H19BrFNO2. The first-order chi connectivity index (χ1) is 8.53. The Kier molecular flexibility index (Phi) is 5.41. The Morgan fingerprint density at radius 1 is 1.33 bits per heavy atom. The Labute approximate surface area is 116 Å². The van der Waals surface area contributed by atoms with Gasteiger partial charge < -0.3 is 15.2 Å². The first kappa shape index (κ1) is 15.2. The highest BCUT2D eigenvalue weighted by molar-refractivity contribution is 9.10. The summed E-state index contributed by atoms with van der Waals surface area (Å²) in [7, 11) is 3.06. The maximum Gasteiger partial charge on any atom is 0.151 e. The van der Waals surface area contributed by atoms with Crippen LogP contribution in [0.25, 0.3) is 0 Å². The van der Waals surface area contributed by atoms with E-state index in [9.17, 15) is 4.39 Å². The molecule has 1 aromatic rings. The molecule has 0 bridgehead atoms. The van der Waals surface area contributed by atoms with Crippen LogP contribution in [0.3, 0.4) is 0 Å². The van der Waals surface area contributed by atoms with Crippen LogP contribution in [0.15, 0.2) is 16.6 Å². The third-order valence-electron chi connectivity index (χ3n) is 2.94. The molecule has 1 rings (SSSR count). The number of hydrogen-bond acceptors (Lipinski definition) is 3. The zero-order chi connectivity index (χ0) is 13.8. The van der Waals surface area contributed by atoms with Crippen LogP contribution in [0.4, 0.5) is 4.39 Å². The Balaban J connectivity index is 3.35. The van der Waals surface area contributed by atoms with Crippen molar-refractivity contribution in [3.05, 3.63) is 22.2 Å². The highest BCUT2D eigenvalue weighted by atomic mass is 79.9. The first-order valence-electron chi connectivity index (χ1n) is 5.84. The van der Waals surface area contributed by atoms with Crippen molar-refractivity contribution >= 4 is 15.9 Å². The number of halogens is 2. The van der Waals surface area contributed by atoms with Gasteiger partial charge in [-0.3, -0.25) is 0 Å². The van der Waals surface area contributed by atoms with E-state index in [1.165, 1.54) is 7.11 Å². The van der Waals surface area contributed by atoms with Gasteiger partial charge in [0.25, 0.3) is 0 Å². The smallest absolute Gasteiger partial charge is 0.151 e. The summed E-state index contributed by atoms with van der Waals surface area (Å²) >= 11 is 3.37. The molecule has 102 valence electrons. The number of ether oxygens (including phenoxy) is 2. The van der Waals surface area contributed by atoms with Crippen LogP contribution < -0.4 is 15.2 Å². The second-order valence-electron chi connectivity index (χ2n) is 4.08. The third kappa shape index (κ3) is 2.78. The van der Waals surface area contributed by atoms with Crippen LogP contribution >= 0.6 is 15.9 Å². The van der Waals surface area contributed by atoms with Crippen molar-refractivity contribution in [3.8, 4) is 11.5 Å². The summed E-state index contributed by atoms with van der Waals surface area (Å²) in [5, 5.41) is 0. The molecule has 0 aliphatic carbocycles. The fourth-order valence-corrected chi connectivity index (χ4v) is 2.66. The summed E-state index contributed by atoms with van der Waals surface area (Å²) in [6.07, 6.45) is 1.07. The van der Waals surface area contributed by atoms with Crippen LogP contribution in [-0.4, -0.2) is 20.8 Å². The molecule has 1 aromatic carbocycles. The molecule has 0 saturated carbocycles. The molecule has 0 saturated heterocycles. The van der Waals surface area contributed by atoms with Gasteiger partial charge in [-0.25, -0.2) is 4.39 Å². The second kappa shape index (κ2) is 6.38. The van der Waals surface area contributed by atoms with Crippen molar-refractivity contribution in [1.82, 2.24) is 0 Å². The van der Waals surface area contributed by atoms with Crippen molar-refractivity contribution < 1.29 is 13.9 Å². The summed E-state index contributed by atoms with van der Waals surface area (Å²) in [6.45, 7) is 1.85. The summed E-state index contributed by atoms with van der Waals surface area (Å²) in [5.41, 5.74) is 4.48. The molecule has 0 spiro atoms. The molecule has 0 aliphatic heterocycles. The lowest BCUT2D eigenvalue weighted by molar-refractivity contribution is 0.154. The van der Waals surface area contributed by atoms with Crippen molar-refractivity contribution in [2.24, 2.45) is 5.73 Å². The SMILES string of the molecule is CCCC(F)(CN)c1ccc(OC)c(Br)c1OC. The van der Waals surface area contributed by atoms with E-state index in [-0.39, 0.29) is 6.54 Å². The van der Waals surface area contributed by atoms with Crippen molar-refractivity contribution in [3.63, 3.8) is 0 Å². The molecule has 2 N–H and O–H groups in total. The molecule has 1 unspecified atom stereocenters. The van der Waals surface area contributed by atoms with E-state index >= 15 is 0 Å². The molecule has 0 heterocycles. The summed E-state index contributed by atoms with van der Waals surface area (Å²) in [5.74, 6) is 1.04. The largest absolute Gasteiger partial charge is 0.495 e. The molecule has 0 fully saturated rings. The topological polar surface area (TPSA) is 44.5 Å². The van der Waals surface area contributed by atoms with Crippen LogP contribution in [-0.2, 0) is 5.67 Å². The second-order valence-corrected chi connectivity index (χ2v) is 4.88. The standard InChI is InChI=1S/C13H19BrFNO2/c1-4-7-13(15,8-16)9-5-6-10(17-2)11(14)12(9)18-3/h5-6H,4,7-8,16H2,1-3H3. The van der Waals surface area contributed by atoms with Gasteiger partial charge in [0.15, 0.2) is 5.67 Å². The van der Waals surface area contributed by atoms with Gasteiger partial charge in [-0.15, -0.1) is 0 Å². The number of nitrogens with two attached hydrogens (primary N) is 1. The summed E-state index contributed by atoms with van der Waals surface area (Å²) < 4.78 is 25.9. The van der Waals surface area contributed by atoms with Gasteiger partial charge in [0.2, 0.25) is 0 Å². The average molecular weight is 320 g/mol. The molecule has 0 amide bonds. The van der Waals surface area contributed by atoms with Crippen LogP contribution in [0.2, 0.25) is 0 Å². The maximum atomic E-state index is 14.9. The van der Waals surface area contributed by atoms with Gasteiger partial charge in [0.1, 0.15) is 16.0 Å². The minimum Gasteiger partial charge on any atom is -0.495 e. The van der Waals surface area contributed by atoms with Crippen LogP contribution in [0.1, 0.15) is 25.3 Å². The molecule has 3 nitrogen and oxygen atoms in total. The van der Waals surface area contributed by atoms with Crippen molar-refractivity contribution in [1.29, 1.82) is 0 Å². The Morgan fingerprint density at radius 3 is 2.44 bits per heavy atom. The van der Waals surface area contributed by atoms with E-state index in [0.29, 0.717) is 34.4 Å². The predicted molar refractivity (Wildman–Crippen MR) is 74.0 cm³/mol. The number of benzene rings is 1. The maximum absolute atomic E-state index is 14.9. The molecule has 1 atom stereocenters. The lowest BCUT2D eigenvalue weighted by Gasteiger charge is -2.26. The lowest BCUT2D eigenvalue weighted by Crippen LogP contribution is -2.30. The van der Waals surface area contributed by atoms with Gasteiger partial charge in [0.05, 0.1) is 14.2 Å². The predicted octanol–water partition coefficient (Wildman–Crippen LogP) is 3.39. The minimum atomic E-state index is -1.57. The zero-order valence-electron chi connectivity index (χ0n) is 10.9. The summed E-state index contributed by atoms with van der Waals surface area (Å²) in [4.78, 5) is 0. The first-order valence-corrected chi connectivity index (χ1v) is 6.63. The minimum absolute atomic E-state index is 0.0734. The van der Waals surface area contributed by atoms with Crippen LogP contribution in [0, 0.1) is 0 Å². The number of alkyl halides is 1. The fourth-order valence-electron chi connectivity index (χ4n) is 1.99. The highest BCUT2D eigenvalue weighted by Gasteiger charge is 2.34. The Hall–Kier alpha value is -0.810. The number of rotatable bonds is 6. The molecular weight excluding hydrogens is 301 g/mol. The molecule has 0 aromatic heterocycles. The van der Waals surface area contributed by atoms with Crippen molar-refractivity contribution in [2.45, 2.75) is 25.4 Å². The van der Waals surface area contributed by atoms with E-state index in [1.54, 1.807) is 19.2 Å². The number of methoxy groups -OCH3 is 2. The molecule has 0 radical (unpaired) electrons. The van der Waals surface area contributed by atoms with E-state index < -0.39 is 5.67 Å². The highest BCUT2D eigenvalue weighted by Crippen LogP contribution is 2.44. The Morgan fingerprint density at radius 2 is 2.00 bits per heavy atom. The lowest BCUT2D eigenvalue weighted by atomic mass is 9.90. The average Bonchev–Trinajstić information content (AvgIpc) is 2.38. The van der Waals surface area contributed by atoms with E-state index in [1.807, 2.05) is 6.92 Å². The van der Waals surface area contributed by atoms with Gasteiger partial charge in [-0.1, -0.05) is 13.3 Å². The van der Waals surface area contributed by atoms with E-state index in [0.717, 1.165) is 0 Å².